The predicted octanol–water partition coefficient (Wildman–Crippen LogP) is 2.98. The first-order valence-corrected chi connectivity index (χ1v) is 6.92. The highest BCUT2D eigenvalue weighted by Gasteiger charge is 2.12. The number of aromatic nitrogens is 1. The van der Waals surface area contributed by atoms with E-state index in [1.807, 2.05) is 11.8 Å². The highest BCUT2D eigenvalue weighted by atomic mass is 32.2. The monoisotopic (exact) mass is 230 g/mol. The van der Waals surface area contributed by atoms with Crippen molar-refractivity contribution >= 4 is 23.1 Å². The van der Waals surface area contributed by atoms with Crippen molar-refractivity contribution in [3.8, 4) is 0 Å². The van der Waals surface area contributed by atoms with Gasteiger partial charge >= 0.3 is 0 Å². The van der Waals surface area contributed by atoms with Gasteiger partial charge < -0.3 is 5.73 Å². The summed E-state index contributed by atoms with van der Waals surface area (Å²) in [5, 5.41) is 1.22. The summed E-state index contributed by atoms with van der Waals surface area (Å²) in [6.07, 6.45) is 0. The Labute approximate surface area is 94.3 Å². The van der Waals surface area contributed by atoms with Gasteiger partial charge in [-0.25, -0.2) is 4.98 Å². The lowest BCUT2D eigenvalue weighted by Crippen LogP contribution is -1.99. The first kappa shape index (κ1) is 12.0. The molecule has 0 aliphatic carbocycles. The molecule has 0 aliphatic heterocycles. The van der Waals surface area contributed by atoms with E-state index in [4.69, 9.17) is 5.73 Å². The number of hydrogen-bond donors (Lipinski definition) is 1. The molecule has 1 rings (SSSR count). The van der Waals surface area contributed by atoms with Crippen molar-refractivity contribution in [1.82, 2.24) is 4.98 Å². The maximum atomic E-state index is 5.69. The maximum Gasteiger partial charge on any atom is 0.103 e. The molecule has 0 amide bonds. The predicted molar refractivity (Wildman–Crippen MR) is 65.9 cm³/mol. The smallest absolute Gasteiger partial charge is 0.103 e. The van der Waals surface area contributed by atoms with E-state index < -0.39 is 0 Å². The first-order valence-electron chi connectivity index (χ1n) is 4.95. The van der Waals surface area contributed by atoms with Gasteiger partial charge in [0.05, 0.1) is 5.69 Å². The molecule has 80 valence electrons. The minimum absolute atomic E-state index is 0.491. The highest BCUT2D eigenvalue weighted by Crippen LogP contribution is 2.26. The molecule has 0 saturated carbocycles. The van der Waals surface area contributed by atoms with E-state index in [0.29, 0.717) is 12.5 Å². The average molecular weight is 230 g/mol. The van der Waals surface area contributed by atoms with Crippen LogP contribution in [0.2, 0.25) is 0 Å². The van der Waals surface area contributed by atoms with Crippen LogP contribution in [0.4, 0.5) is 0 Å². The van der Waals surface area contributed by atoms with Crippen LogP contribution >= 0.6 is 23.1 Å². The second kappa shape index (κ2) is 5.73. The third-order valence-corrected chi connectivity index (χ3v) is 4.10. The lowest BCUT2D eigenvalue weighted by Gasteiger charge is -2.01. The number of thioether (sulfide) groups is 1. The Balaban J connectivity index is 2.78. The number of nitrogens with two attached hydrogens (primary N) is 1. The maximum absolute atomic E-state index is 5.69. The van der Waals surface area contributed by atoms with Crippen molar-refractivity contribution in [1.29, 1.82) is 0 Å². The minimum atomic E-state index is 0.491. The highest BCUT2D eigenvalue weighted by molar-refractivity contribution is 7.98. The van der Waals surface area contributed by atoms with Crippen molar-refractivity contribution in [3.05, 3.63) is 15.6 Å². The van der Waals surface area contributed by atoms with Crippen LogP contribution in [0.3, 0.4) is 0 Å². The SMILES string of the molecule is CCSCc1nc(C(C)C)c(CN)s1. The van der Waals surface area contributed by atoms with Crippen LogP contribution in [-0.2, 0) is 12.3 Å². The molecule has 0 aliphatic rings. The van der Waals surface area contributed by atoms with Gasteiger partial charge in [-0.15, -0.1) is 11.3 Å². The van der Waals surface area contributed by atoms with Crippen LogP contribution in [-0.4, -0.2) is 10.7 Å². The summed E-state index contributed by atoms with van der Waals surface area (Å²) in [4.78, 5) is 5.89. The molecule has 0 bridgehead atoms. The number of rotatable bonds is 5. The topological polar surface area (TPSA) is 38.9 Å². The molecule has 0 spiro atoms. The average Bonchev–Trinajstić information content (AvgIpc) is 2.57. The van der Waals surface area contributed by atoms with E-state index in [1.165, 1.54) is 15.6 Å². The molecule has 0 radical (unpaired) electrons. The van der Waals surface area contributed by atoms with Gasteiger partial charge in [0.15, 0.2) is 0 Å². The quantitative estimate of drug-likeness (QED) is 0.845. The van der Waals surface area contributed by atoms with Gasteiger partial charge in [0.25, 0.3) is 0 Å². The summed E-state index contributed by atoms with van der Waals surface area (Å²) in [5.74, 6) is 2.67. The van der Waals surface area contributed by atoms with Gasteiger partial charge in [0.1, 0.15) is 5.01 Å². The van der Waals surface area contributed by atoms with Gasteiger partial charge in [0, 0.05) is 17.2 Å². The molecule has 0 aromatic carbocycles. The van der Waals surface area contributed by atoms with Gasteiger partial charge in [0.2, 0.25) is 0 Å². The molecule has 1 aromatic rings. The zero-order chi connectivity index (χ0) is 10.6. The summed E-state index contributed by atoms with van der Waals surface area (Å²) in [6.45, 7) is 7.14. The van der Waals surface area contributed by atoms with E-state index in [0.717, 1.165) is 11.5 Å². The Morgan fingerprint density at radius 2 is 2.21 bits per heavy atom. The number of hydrogen-bond acceptors (Lipinski definition) is 4. The molecular weight excluding hydrogens is 212 g/mol. The van der Waals surface area contributed by atoms with E-state index in [-0.39, 0.29) is 0 Å². The van der Waals surface area contributed by atoms with Gasteiger partial charge in [-0.05, 0) is 11.7 Å². The summed E-state index contributed by atoms with van der Waals surface area (Å²) in [7, 11) is 0. The van der Waals surface area contributed by atoms with Crippen molar-refractivity contribution in [2.45, 2.75) is 39.0 Å². The molecule has 1 heterocycles. The molecule has 1 aromatic heterocycles. The van der Waals surface area contributed by atoms with Gasteiger partial charge in [-0.1, -0.05) is 20.8 Å². The van der Waals surface area contributed by atoms with E-state index in [1.54, 1.807) is 11.3 Å². The standard InChI is InChI=1S/C10H18N2S2/c1-4-13-6-9-12-10(7(2)3)8(5-11)14-9/h7H,4-6,11H2,1-3H3. The Morgan fingerprint density at radius 1 is 1.50 bits per heavy atom. The van der Waals surface area contributed by atoms with Crippen LogP contribution in [0, 0.1) is 0 Å². The fraction of sp³-hybridized carbons (Fsp3) is 0.700. The molecule has 14 heavy (non-hydrogen) atoms. The third kappa shape index (κ3) is 2.97. The molecule has 0 unspecified atom stereocenters. The molecule has 4 heteroatoms. The Kier molecular flexibility index (Phi) is 4.92. The lowest BCUT2D eigenvalue weighted by molar-refractivity contribution is 0.808. The Morgan fingerprint density at radius 3 is 2.64 bits per heavy atom. The summed E-state index contributed by atoms with van der Waals surface area (Å²) >= 11 is 3.68. The lowest BCUT2D eigenvalue weighted by atomic mass is 10.1. The van der Waals surface area contributed by atoms with Crippen molar-refractivity contribution < 1.29 is 0 Å². The number of nitrogens with zero attached hydrogens (tertiary/aromatic N) is 1. The Hall–Kier alpha value is -0.0600. The minimum Gasteiger partial charge on any atom is -0.326 e. The van der Waals surface area contributed by atoms with Crippen molar-refractivity contribution in [2.24, 2.45) is 5.73 Å². The summed E-state index contributed by atoms with van der Waals surface area (Å²) in [6, 6.07) is 0. The Bertz CT molecular complexity index is 282. The zero-order valence-corrected chi connectivity index (χ0v) is 10.7. The van der Waals surface area contributed by atoms with Crippen molar-refractivity contribution in [2.75, 3.05) is 5.75 Å². The zero-order valence-electron chi connectivity index (χ0n) is 9.04. The fourth-order valence-corrected chi connectivity index (χ4v) is 3.09. The van der Waals surface area contributed by atoms with Gasteiger partial charge in [-0.3, -0.25) is 0 Å². The molecular formula is C10H18N2S2. The van der Waals surface area contributed by atoms with Crippen LogP contribution in [0.1, 0.15) is 42.3 Å². The largest absolute Gasteiger partial charge is 0.326 e. The number of thiazole rings is 1. The second-order valence-corrected chi connectivity index (χ2v) is 5.85. The van der Waals surface area contributed by atoms with E-state index in [9.17, 15) is 0 Å². The third-order valence-electron chi connectivity index (χ3n) is 1.93. The molecule has 0 atom stereocenters. The van der Waals surface area contributed by atoms with E-state index in [2.05, 4.69) is 25.8 Å². The normalized spacial score (nSPS) is 11.2. The molecule has 2 nitrogen and oxygen atoms in total. The summed E-state index contributed by atoms with van der Waals surface area (Å²) in [5.41, 5.74) is 6.89. The molecule has 2 N–H and O–H groups in total. The van der Waals surface area contributed by atoms with Crippen LogP contribution in [0.25, 0.3) is 0 Å². The summed E-state index contributed by atoms with van der Waals surface area (Å²) < 4.78 is 0. The van der Waals surface area contributed by atoms with Crippen LogP contribution in [0.15, 0.2) is 0 Å². The van der Waals surface area contributed by atoms with E-state index >= 15 is 0 Å². The second-order valence-electron chi connectivity index (χ2n) is 3.41. The molecule has 0 saturated heterocycles. The first-order chi connectivity index (χ1) is 6.69. The fourth-order valence-electron chi connectivity index (χ4n) is 1.26. The van der Waals surface area contributed by atoms with Gasteiger partial charge in [-0.2, -0.15) is 11.8 Å². The van der Waals surface area contributed by atoms with Crippen LogP contribution < -0.4 is 5.73 Å². The van der Waals surface area contributed by atoms with Crippen molar-refractivity contribution in [3.63, 3.8) is 0 Å². The molecule has 0 fully saturated rings. The van der Waals surface area contributed by atoms with Crippen LogP contribution in [0.5, 0.6) is 0 Å².